The Hall–Kier alpha value is -0.710. The molecule has 1 heterocycles. The second kappa shape index (κ2) is 7.65. The van der Waals surface area contributed by atoms with Gasteiger partial charge in [-0.25, -0.2) is 0 Å². The third-order valence-corrected chi connectivity index (χ3v) is 12.3. The number of aliphatic hydroxyl groups is 2. The number of ether oxygens (including phenoxy) is 1. The molecule has 0 aromatic carbocycles. The monoisotopic (exact) mass is 472 g/mol. The normalized spacial score (nSPS) is 50.7. The second-order valence-electron chi connectivity index (χ2n) is 14.6. The van der Waals surface area contributed by atoms with Crippen LogP contribution in [0.5, 0.6) is 0 Å². The van der Waals surface area contributed by atoms with E-state index < -0.39 is 17.8 Å². The third kappa shape index (κ3) is 3.23. The fraction of sp³-hybridized carbons (Fsp3) is 0.900. The number of rotatable bonds is 2. The molecule has 4 fully saturated rings. The highest BCUT2D eigenvalue weighted by atomic mass is 16.5. The van der Waals surface area contributed by atoms with Gasteiger partial charge in [0.15, 0.2) is 0 Å². The van der Waals surface area contributed by atoms with Gasteiger partial charge in [-0.3, -0.25) is 4.79 Å². The van der Waals surface area contributed by atoms with Gasteiger partial charge in [-0.1, -0.05) is 46.3 Å². The van der Waals surface area contributed by atoms with E-state index in [4.69, 9.17) is 4.74 Å². The largest absolute Gasteiger partial charge is 0.390 e. The minimum Gasteiger partial charge on any atom is -0.390 e. The summed E-state index contributed by atoms with van der Waals surface area (Å²) in [6.45, 7) is 16.1. The highest BCUT2D eigenvalue weighted by Crippen LogP contribution is 2.73. The number of hydrogen-bond acceptors (Lipinski definition) is 4. The van der Waals surface area contributed by atoms with Crippen LogP contribution in [0.2, 0.25) is 0 Å². The van der Waals surface area contributed by atoms with Crippen LogP contribution in [0.4, 0.5) is 0 Å². The number of carbonyl (C=O) groups is 1. The Kier molecular flexibility index (Phi) is 5.62. The topological polar surface area (TPSA) is 66.8 Å². The molecular weight excluding hydrogens is 424 g/mol. The van der Waals surface area contributed by atoms with Gasteiger partial charge in [-0.05, 0) is 98.7 Å². The summed E-state index contributed by atoms with van der Waals surface area (Å²) in [4.78, 5) is 12.8. The Morgan fingerprint density at radius 1 is 1.06 bits per heavy atom. The summed E-state index contributed by atoms with van der Waals surface area (Å²) in [6.07, 6.45) is 9.84. The number of allylic oxidation sites excluding steroid dienone is 2. The SMILES string of the molecule is CC(C)(O)[C@@H]1OC[C@H]([C@@H]2CC[C@]3(C)C4=CC[C@@H]5C(C)(C)C(=O)CC[C@]5(C)[C@@H]4CC[C@]23C)C[C@@H]1O. The van der Waals surface area contributed by atoms with Crippen molar-refractivity contribution in [2.24, 2.45) is 45.3 Å². The Labute approximate surface area is 206 Å². The van der Waals surface area contributed by atoms with E-state index in [0.717, 1.165) is 25.7 Å². The fourth-order valence-corrected chi connectivity index (χ4v) is 10.1. The quantitative estimate of drug-likeness (QED) is 0.506. The summed E-state index contributed by atoms with van der Waals surface area (Å²) in [5.41, 5.74) is 1.05. The lowest BCUT2D eigenvalue weighted by Crippen LogP contribution is -2.58. The average molecular weight is 473 g/mol. The third-order valence-electron chi connectivity index (χ3n) is 12.3. The van der Waals surface area contributed by atoms with Crippen molar-refractivity contribution in [1.29, 1.82) is 0 Å². The van der Waals surface area contributed by atoms with Crippen LogP contribution in [0, 0.1) is 45.3 Å². The Morgan fingerprint density at radius 2 is 1.76 bits per heavy atom. The molecule has 0 bridgehead atoms. The zero-order chi connectivity index (χ0) is 24.9. The molecule has 0 aromatic rings. The molecule has 0 amide bonds. The van der Waals surface area contributed by atoms with Crippen molar-refractivity contribution in [3.8, 4) is 0 Å². The lowest BCUT2D eigenvalue weighted by molar-refractivity contribution is -0.187. The number of aliphatic hydroxyl groups excluding tert-OH is 1. The summed E-state index contributed by atoms with van der Waals surface area (Å²) in [5, 5.41) is 21.3. The van der Waals surface area contributed by atoms with Gasteiger partial charge >= 0.3 is 0 Å². The number of fused-ring (bicyclic) bond motifs is 5. The molecule has 1 aliphatic heterocycles. The van der Waals surface area contributed by atoms with Crippen LogP contribution in [0.3, 0.4) is 0 Å². The Morgan fingerprint density at radius 3 is 2.41 bits per heavy atom. The molecule has 1 saturated heterocycles. The minimum atomic E-state index is -1.02. The molecule has 4 nitrogen and oxygen atoms in total. The average Bonchev–Trinajstić information content (AvgIpc) is 3.02. The Balaban J connectivity index is 1.43. The van der Waals surface area contributed by atoms with Crippen LogP contribution in [-0.4, -0.2) is 40.4 Å². The first-order chi connectivity index (χ1) is 15.7. The maximum Gasteiger partial charge on any atom is 0.138 e. The van der Waals surface area contributed by atoms with Gasteiger partial charge in [-0.2, -0.15) is 0 Å². The van der Waals surface area contributed by atoms with E-state index in [0.29, 0.717) is 36.1 Å². The van der Waals surface area contributed by atoms with E-state index in [2.05, 4.69) is 40.7 Å². The minimum absolute atomic E-state index is 0.179. The van der Waals surface area contributed by atoms with Crippen molar-refractivity contribution in [1.82, 2.24) is 0 Å². The van der Waals surface area contributed by atoms with Crippen molar-refractivity contribution in [3.05, 3.63) is 11.6 Å². The molecule has 0 aromatic heterocycles. The van der Waals surface area contributed by atoms with Gasteiger partial charge in [0, 0.05) is 11.8 Å². The molecule has 5 rings (SSSR count). The highest BCUT2D eigenvalue weighted by molar-refractivity contribution is 5.85. The number of hydrogen-bond donors (Lipinski definition) is 2. The molecule has 0 radical (unpaired) electrons. The number of Topliss-reactive ketones (excluding diaryl/α,β-unsaturated/α-hetero) is 1. The first-order valence-electron chi connectivity index (χ1n) is 13.9. The molecule has 192 valence electrons. The van der Waals surface area contributed by atoms with Gasteiger partial charge in [-0.15, -0.1) is 0 Å². The van der Waals surface area contributed by atoms with Crippen molar-refractivity contribution >= 4 is 5.78 Å². The molecular formula is C30H48O4. The van der Waals surface area contributed by atoms with E-state index in [9.17, 15) is 15.0 Å². The van der Waals surface area contributed by atoms with Crippen molar-refractivity contribution in [3.63, 3.8) is 0 Å². The van der Waals surface area contributed by atoms with Crippen molar-refractivity contribution in [2.75, 3.05) is 6.61 Å². The van der Waals surface area contributed by atoms with Crippen LogP contribution in [0.25, 0.3) is 0 Å². The maximum absolute atomic E-state index is 12.8. The van der Waals surface area contributed by atoms with Gasteiger partial charge in [0.25, 0.3) is 0 Å². The van der Waals surface area contributed by atoms with E-state index in [1.165, 1.54) is 25.7 Å². The van der Waals surface area contributed by atoms with Gasteiger partial charge in [0.2, 0.25) is 0 Å². The molecule has 9 atom stereocenters. The summed E-state index contributed by atoms with van der Waals surface area (Å²) in [5.74, 6) is 2.37. The molecule has 0 spiro atoms. The molecule has 5 aliphatic rings. The smallest absolute Gasteiger partial charge is 0.138 e. The molecule has 0 unspecified atom stereocenters. The first kappa shape index (κ1) is 25.0. The van der Waals surface area contributed by atoms with Crippen LogP contribution in [-0.2, 0) is 9.53 Å². The van der Waals surface area contributed by atoms with Crippen molar-refractivity contribution in [2.45, 2.75) is 118 Å². The number of carbonyl (C=O) groups excluding carboxylic acids is 1. The predicted molar refractivity (Wildman–Crippen MR) is 134 cm³/mol. The van der Waals surface area contributed by atoms with E-state index >= 15 is 0 Å². The molecule has 4 aliphatic carbocycles. The van der Waals surface area contributed by atoms with Gasteiger partial charge < -0.3 is 14.9 Å². The van der Waals surface area contributed by atoms with E-state index in [1.54, 1.807) is 19.4 Å². The van der Waals surface area contributed by atoms with Gasteiger partial charge in [0.05, 0.1) is 18.3 Å². The van der Waals surface area contributed by atoms with E-state index in [-0.39, 0.29) is 21.7 Å². The summed E-state index contributed by atoms with van der Waals surface area (Å²) in [6, 6.07) is 0. The van der Waals surface area contributed by atoms with Crippen LogP contribution >= 0.6 is 0 Å². The van der Waals surface area contributed by atoms with Crippen LogP contribution in [0.15, 0.2) is 11.6 Å². The van der Waals surface area contributed by atoms with Crippen LogP contribution in [0.1, 0.15) is 99.8 Å². The Bertz CT molecular complexity index is 883. The fourth-order valence-electron chi connectivity index (χ4n) is 10.1. The van der Waals surface area contributed by atoms with Crippen LogP contribution < -0.4 is 0 Å². The zero-order valence-electron chi connectivity index (χ0n) is 22.6. The summed E-state index contributed by atoms with van der Waals surface area (Å²) >= 11 is 0. The molecule has 3 saturated carbocycles. The van der Waals surface area contributed by atoms with Gasteiger partial charge in [0.1, 0.15) is 11.9 Å². The highest BCUT2D eigenvalue weighted by Gasteiger charge is 2.66. The van der Waals surface area contributed by atoms with E-state index in [1.807, 2.05) is 0 Å². The summed E-state index contributed by atoms with van der Waals surface area (Å²) in [7, 11) is 0. The lowest BCUT2D eigenvalue weighted by atomic mass is 9.41. The van der Waals surface area contributed by atoms with Crippen molar-refractivity contribution < 1.29 is 19.7 Å². The first-order valence-corrected chi connectivity index (χ1v) is 13.9. The summed E-state index contributed by atoms with van der Waals surface area (Å²) < 4.78 is 6.12. The second-order valence-corrected chi connectivity index (χ2v) is 14.6. The predicted octanol–water partition coefficient (Wildman–Crippen LogP) is 5.70. The zero-order valence-corrected chi connectivity index (χ0v) is 22.6. The molecule has 4 heteroatoms. The lowest BCUT2D eigenvalue weighted by Gasteiger charge is -2.63. The molecule has 34 heavy (non-hydrogen) atoms. The standard InChI is InChI=1S/C30H48O4/c1-26(2)23-9-8-21-20(28(23,5)13-12-24(26)32)11-15-29(6)19(10-14-30(21,29)7)18-16-22(31)25(34-17-18)27(3,4)33/h8,18-20,22-23,25,31,33H,9-17H2,1-7H3/t18-,19+,20-,22+,23-,25-,28-,29-,30-/m1/s1. The maximum atomic E-state index is 12.8. The molecule has 2 N–H and O–H groups in total. The number of ketones is 1.